The van der Waals surface area contributed by atoms with E-state index < -0.39 is 11.7 Å². The van der Waals surface area contributed by atoms with Gasteiger partial charge in [-0.3, -0.25) is 0 Å². The molecule has 1 rings (SSSR count). The predicted octanol–water partition coefficient (Wildman–Crippen LogP) is 4.86. The van der Waals surface area contributed by atoms with Crippen LogP contribution in [0.1, 0.15) is 13.8 Å². The molecule has 29 heavy (non-hydrogen) atoms. The monoisotopic (exact) mass is 391 g/mol. The zero-order valence-electron chi connectivity index (χ0n) is 17.4. The van der Waals surface area contributed by atoms with E-state index in [4.69, 9.17) is 0 Å². The molecule has 3 heteroatoms. The fourth-order valence-electron chi connectivity index (χ4n) is 2.20. The summed E-state index contributed by atoms with van der Waals surface area (Å²) >= 11 is 0. The quantitative estimate of drug-likeness (QED) is 0.553. The Morgan fingerprint density at radius 1 is 0.828 bits per heavy atom. The first-order chi connectivity index (χ1) is 13.9. The van der Waals surface area contributed by atoms with Gasteiger partial charge >= 0.3 is 0 Å². The number of rotatable bonds is 0. The minimum Gasteiger partial charge on any atom is -0.386 e. The van der Waals surface area contributed by atoms with E-state index >= 15 is 0 Å². The molecule has 0 aromatic heterocycles. The smallest absolute Gasteiger partial charge is 0.110 e. The maximum absolute atomic E-state index is 10.3. The lowest BCUT2D eigenvalue weighted by Crippen LogP contribution is -2.35. The van der Waals surface area contributed by atoms with Gasteiger partial charge < -0.3 is 15.5 Å². The summed E-state index contributed by atoms with van der Waals surface area (Å²) in [6.45, 7) is 8.52. The Hall–Kier alpha value is -2.88. The molecule has 0 radical (unpaired) electrons. The summed E-state index contributed by atoms with van der Waals surface area (Å²) in [5, 5.41) is 23.8. The molecule has 0 saturated carbocycles. The maximum atomic E-state index is 10.3. The van der Waals surface area contributed by atoms with Crippen molar-refractivity contribution in [1.29, 1.82) is 0 Å². The first kappa shape index (κ1) is 24.2. The molecule has 0 amide bonds. The molecule has 0 saturated heterocycles. The van der Waals surface area contributed by atoms with Gasteiger partial charge in [-0.05, 0) is 18.9 Å². The highest BCUT2D eigenvalue weighted by Gasteiger charge is 2.24. The second kappa shape index (κ2) is 14.2. The molecule has 1 aliphatic rings. The van der Waals surface area contributed by atoms with Crippen LogP contribution in [0.3, 0.4) is 0 Å². The van der Waals surface area contributed by atoms with Gasteiger partial charge in [-0.25, -0.2) is 0 Å². The van der Waals surface area contributed by atoms with Gasteiger partial charge in [-0.1, -0.05) is 117 Å². The fourth-order valence-corrected chi connectivity index (χ4v) is 2.20. The highest BCUT2D eigenvalue weighted by molar-refractivity contribution is 5.23. The molecule has 0 aliphatic carbocycles. The van der Waals surface area contributed by atoms with Gasteiger partial charge in [0.15, 0.2) is 0 Å². The Morgan fingerprint density at radius 2 is 1.31 bits per heavy atom. The molecule has 3 N–H and O–H groups in total. The number of allylic oxidation sites excluding steroid dienone is 15. The lowest BCUT2D eigenvalue weighted by atomic mass is 9.98. The van der Waals surface area contributed by atoms with Gasteiger partial charge in [-0.2, -0.15) is 0 Å². The van der Waals surface area contributed by atoms with Gasteiger partial charge in [0.05, 0.1) is 0 Å². The van der Waals surface area contributed by atoms with Crippen LogP contribution in [0.25, 0.3) is 0 Å². The van der Waals surface area contributed by atoms with Crippen molar-refractivity contribution in [2.45, 2.75) is 25.6 Å². The Bertz CT molecular complexity index is 756. The van der Waals surface area contributed by atoms with E-state index in [1.165, 1.54) is 0 Å². The molecule has 1 aliphatic heterocycles. The predicted molar refractivity (Wildman–Crippen MR) is 125 cm³/mol. The molecular weight excluding hydrogens is 358 g/mol. The molecular formula is C26H33NO2. The van der Waals surface area contributed by atoms with Gasteiger partial charge in [0, 0.05) is 12.2 Å². The number of hydrogen-bond acceptors (Lipinski definition) is 3. The van der Waals surface area contributed by atoms with Crippen LogP contribution in [0.5, 0.6) is 0 Å². The van der Waals surface area contributed by atoms with E-state index in [2.05, 4.69) is 24.9 Å². The highest BCUT2D eigenvalue weighted by Crippen LogP contribution is 2.13. The van der Waals surface area contributed by atoms with Crippen molar-refractivity contribution in [3.05, 3.63) is 122 Å². The Morgan fingerprint density at radius 3 is 1.93 bits per heavy atom. The molecule has 0 spiro atoms. The number of aliphatic hydroxyl groups is 2. The van der Waals surface area contributed by atoms with Gasteiger partial charge in [0.1, 0.15) is 11.7 Å². The number of aliphatic hydroxyl groups excluding tert-OH is 1. The highest BCUT2D eigenvalue weighted by atomic mass is 16.3. The zero-order valence-corrected chi connectivity index (χ0v) is 17.4. The fraction of sp³-hybridized carbons (Fsp3) is 0.231. The molecule has 0 aromatic carbocycles. The van der Waals surface area contributed by atoms with Crippen LogP contribution in [0.2, 0.25) is 0 Å². The van der Waals surface area contributed by atoms with E-state index in [0.29, 0.717) is 5.92 Å². The third-order valence-electron chi connectivity index (χ3n) is 4.05. The lowest BCUT2D eigenvalue weighted by molar-refractivity contribution is 0.000658. The van der Waals surface area contributed by atoms with Crippen molar-refractivity contribution in [3.8, 4) is 0 Å². The summed E-state index contributed by atoms with van der Waals surface area (Å²) in [5.41, 5.74) is -0.492. The SMILES string of the molecule is C=C1/C=C/C=C\C=C/C=C/C(C)(O)C(O)\C=C/C=C\C=C/C=C\C=C/C(C)CN1. The average Bonchev–Trinajstić information content (AvgIpc) is 2.68. The number of nitrogens with one attached hydrogen (secondary N) is 1. The molecule has 0 fully saturated rings. The zero-order chi connectivity index (χ0) is 21.4. The van der Waals surface area contributed by atoms with Gasteiger partial charge in [0.25, 0.3) is 0 Å². The van der Waals surface area contributed by atoms with E-state index in [0.717, 1.165) is 12.2 Å². The van der Waals surface area contributed by atoms with E-state index in [1.807, 2.05) is 66.8 Å². The third kappa shape index (κ3) is 12.2. The van der Waals surface area contributed by atoms with Crippen molar-refractivity contribution in [1.82, 2.24) is 5.32 Å². The standard InChI is InChI=1S/C26H33NO2/c1-23-18-14-10-6-4-5-7-12-16-20-25(28)26(3,29)21-17-13-9-8-11-15-19-24(2)27-22-23/h4-21,23,25,27-29H,2,22H2,1,3H3/b5-4-,10-6-,11-8-,12-7-,13-9-,18-14-,19-15+,20-16-,21-17+. The van der Waals surface area contributed by atoms with Crippen molar-refractivity contribution >= 4 is 0 Å². The summed E-state index contributed by atoms with van der Waals surface area (Å²) in [5.74, 6) is 0.387. The van der Waals surface area contributed by atoms with Gasteiger partial charge in [-0.15, -0.1) is 0 Å². The van der Waals surface area contributed by atoms with Crippen LogP contribution in [-0.4, -0.2) is 28.5 Å². The minimum absolute atomic E-state index is 0.387. The van der Waals surface area contributed by atoms with Crippen LogP contribution in [-0.2, 0) is 0 Å². The lowest BCUT2D eigenvalue weighted by Gasteiger charge is -2.22. The van der Waals surface area contributed by atoms with Crippen LogP contribution in [0.15, 0.2) is 122 Å². The van der Waals surface area contributed by atoms with Crippen molar-refractivity contribution < 1.29 is 10.2 Å². The van der Waals surface area contributed by atoms with Crippen molar-refractivity contribution in [2.24, 2.45) is 5.92 Å². The maximum Gasteiger partial charge on any atom is 0.110 e. The largest absolute Gasteiger partial charge is 0.386 e. The molecule has 1 heterocycles. The minimum atomic E-state index is -1.35. The molecule has 3 atom stereocenters. The molecule has 3 unspecified atom stereocenters. The van der Waals surface area contributed by atoms with Crippen LogP contribution < -0.4 is 5.32 Å². The first-order valence-electron chi connectivity index (χ1n) is 9.79. The second-order valence-electron chi connectivity index (χ2n) is 6.97. The molecule has 154 valence electrons. The van der Waals surface area contributed by atoms with Crippen LogP contribution in [0, 0.1) is 5.92 Å². The summed E-state index contributed by atoms with van der Waals surface area (Å²) in [4.78, 5) is 0. The van der Waals surface area contributed by atoms with Gasteiger partial charge in [0.2, 0.25) is 0 Å². The van der Waals surface area contributed by atoms with Crippen LogP contribution >= 0.6 is 0 Å². The molecule has 0 aromatic rings. The molecule has 0 bridgehead atoms. The average molecular weight is 392 g/mol. The Labute approximate surface area is 175 Å². The van der Waals surface area contributed by atoms with Crippen LogP contribution in [0.4, 0.5) is 0 Å². The summed E-state index contributed by atoms with van der Waals surface area (Å²) in [7, 11) is 0. The third-order valence-corrected chi connectivity index (χ3v) is 4.05. The van der Waals surface area contributed by atoms with Crippen molar-refractivity contribution in [2.75, 3.05) is 6.54 Å². The Kier molecular flexibility index (Phi) is 11.8. The summed E-state index contributed by atoms with van der Waals surface area (Å²) in [6, 6.07) is 0. The van der Waals surface area contributed by atoms with E-state index in [-0.39, 0.29) is 0 Å². The van der Waals surface area contributed by atoms with Crippen molar-refractivity contribution in [3.63, 3.8) is 0 Å². The normalized spacial score (nSPS) is 37.0. The first-order valence-corrected chi connectivity index (χ1v) is 9.79. The molecule has 3 nitrogen and oxygen atoms in total. The number of hydrogen-bond donors (Lipinski definition) is 3. The van der Waals surface area contributed by atoms with E-state index in [1.54, 1.807) is 43.4 Å². The summed E-state index contributed by atoms with van der Waals surface area (Å²) < 4.78 is 0. The topological polar surface area (TPSA) is 52.5 Å². The Balaban J connectivity index is 2.86. The summed E-state index contributed by atoms with van der Waals surface area (Å²) in [6.07, 6.45) is 32.4. The van der Waals surface area contributed by atoms with E-state index in [9.17, 15) is 10.2 Å². The second-order valence-corrected chi connectivity index (χ2v) is 6.97.